The van der Waals surface area contributed by atoms with Crippen molar-refractivity contribution in [3.05, 3.63) is 48.8 Å². The van der Waals surface area contributed by atoms with Crippen molar-refractivity contribution >= 4 is 11.8 Å². The Balaban J connectivity index is 2.09. The molecule has 2 rings (SSSR count). The second kappa shape index (κ2) is 5.82. The van der Waals surface area contributed by atoms with Gasteiger partial charge in [-0.1, -0.05) is 12.1 Å². The van der Waals surface area contributed by atoms with E-state index < -0.39 is 6.09 Å². The SMILES string of the molecule is CCOC(=O)Nc1ccc(-c2ccncc2)cc1. The molecule has 1 heterocycles. The van der Waals surface area contributed by atoms with Crippen LogP contribution in [0.2, 0.25) is 0 Å². The van der Waals surface area contributed by atoms with Crippen LogP contribution in [0.3, 0.4) is 0 Å². The smallest absolute Gasteiger partial charge is 0.411 e. The minimum absolute atomic E-state index is 0.362. The van der Waals surface area contributed by atoms with Crippen molar-refractivity contribution in [2.75, 3.05) is 11.9 Å². The number of hydrogen-bond acceptors (Lipinski definition) is 3. The van der Waals surface area contributed by atoms with Crippen LogP contribution in [-0.2, 0) is 4.74 Å². The summed E-state index contributed by atoms with van der Waals surface area (Å²) in [4.78, 5) is 15.2. The molecular weight excluding hydrogens is 228 g/mol. The Morgan fingerprint density at radius 3 is 2.33 bits per heavy atom. The van der Waals surface area contributed by atoms with Gasteiger partial charge >= 0.3 is 6.09 Å². The highest BCUT2D eigenvalue weighted by Crippen LogP contribution is 2.20. The van der Waals surface area contributed by atoms with E-state index in [0.717, 1.165) is 11.1 Å². The molecule has 0 bridgehead atoms. The summed E-state index contributed by atoms with van der Waals surface area (Å²) in [6.07, 6.45) is 3.06. The van der Waals surface area contributed by atoms with E-state index in [0.29, 0.717) is 12.3 Å². The third kappa shape index (κ3) is 3.07. The van der Waals surface area contributed by atoms with Gasteiger partial charge in [-0.15, -0.1) is 0 Å². The van der Waals surface area contributed by atoms with Crippen molar-refractivity contribution < 1.29 is 9.53 Å². The maximum absolute atomic E-state index is 11.2. The highest BCUT2D eigenvalue weighted by Gasteiger charge is 2.02. The zero-order chi connectivity index (χ0) is 12.8. The van der Waals surface area contributed by atoms with Crippen molar-refractivity contribution in [1.82, 2.24) is 4.98 Å². The normalized spacial score (nSPS) is 9.83. The van der Waals surface area contributed by atoms with Gasteiger partial charge in [0.25, 0.3) is 0 Å². The summed E-state index contributed by atoms with van der Waals surface area (Å²) in [6.45, 7) is 2.13. The lowest BCUT2D eigenvalue weighted by Gasteiger charge is -2.06. The van der Waals surface area contributed by atoms with E-state index in [2.05, 4.69) is 10.3 Å². The minimum atomic E-state index is -0.436. The fourth-order valence-electron chi connectivity index (χ4n) is 1.58. The molecule has 4 heteroatoms. The van der Waals surface area contributed by atoms with Crippen LogP contribution in [0.25, 0.3) is 11.1 Å². The number of nitrogens with zero attached hydrogens (tertiary/aromatic N) is 1. The maximum atomic E-state index is 11.2. The fraction of sp³-hybridized carbons (Fsp3) is 0.143. The Kier molecular flexibility index (Phi) is 3.91. The van der Waals surface area contributed by atoms with Crippen LogP contribution in [0.1, 0.15) is 6.92 Å². The number of rotatable bonds is 3. The highest BCUT2D eigenvalue weighted by molar-refractivity contribution is 5.85. The van der Waals surface area contributed by atoms with Gasteiger partial charge in [0.15, 0.2) is 0 Å². The average molecular weight is 242 g/mol. The molecule has 0 radical (unpaired) electrons. The summed E-state index contributed by atoms with van der Waals surface area (Å²) in [5.41, 5.74) is 2.88. The zero-order valence-corrected chi connectivity index (χ0v) is 10.1. The number of carbonyl (C=O) groups excluding carboxylic acids is 1. The molecule has 2 aromatic rings. The molecule has 0 aliphatic heterocycles. The van der Waals surface area contributed by atoms with Crippen molar-refractivity contribution in [1.29, 1.82) is 0 Å². The Bertz CT molecular complexity index is 509. The number of carbonyl (C=O) groups is 1. The van der Waals surface area contributed by atoms with Crippen LogP contribution in [0.4, 0.5) is 10.5 Å². The number of aromatic nitrogens is 1. The van der Waals surface area contributed by atoms with E-state index >= 15 is 0 Å². The Morgan fingerprint density at radius 1 is 1.11 bits per heavy atom. The summed E-state index contributed by atoms with van der Waals surface area (Å²) in [6, 6.07) is 11.4. The second-order valence-electron chi connectivity index (χ2n) is 3.66. The molecule has 0 unspecified atom stereocenters. The van der Waals surface area contributed by atoms with Gasteiger partial charge in [0, 0.05) is 18.1 Å². The molecule has 0 saturated carbocycles. The monoisotopic (exact) mass is 242 g/mol. The van der Waals surface area contributed by atoms with Crippen molar-refractivity contribution in [2.45, 2.75) is 6.92 Å². The van der Waals surface area contributed by atoms with Crippen LogP contribution in [0.15, 0.2) is 48.8 Å². The first kappa shape index (κ1) is 12.1. The molecule has 0 aliphatic carbocycles. The second-order valence-corrected chi connectivity index (χ2v) is 3.66. The first-order valence-corrected chi connectivity index (χ1v) is 5.74. The third-order valence-electron chi connectivity index (χ3n) is 2.42. The molecular formula is C14H14N2O2. The van der Waals surface area contributed by atoms with Crippen LogP contribution in [0, 0.1) is 0 Å². The summed E-state index contributed by atoms with van der Waals surface area (Å²) in [5.74, 6) is 0. The summed E-state index contributed by atoms with van der Waals surface area (Å²) in [5, 5.41) is 2.65. The summed E-state index contributed by atoms with van der Waals surface area (Å²) < 4.78 is 4.80. The van der Waals surface area contributed by atoms with Gasteiger partial charge < -0.3 is 4.74 Å². The van der Waals surface area contributed by atoms with Crippen LogP contribution in [-0.4, -0.2) is 17.7 Å². The van der Waals surface area contributed by atoms with E-state index in [4.69, 9.17) is 4.74 Å². The standard InChI is InChI=1S/C14H14N2O2/c1-2-18-14(17)16-13-5-3-11(4-6-13)12-7-9-15-10-8-12/h3-10H,2H2,1H3,(H,16,17). The number of amides is 1. The number of hydrogen-bond donors (Lipinski definition) is 1. The van der Waals surface area contributed by atoms with Crippen LogP contribution in [0.5, 0.6) is 0 Å². The molecule has 0 fully saturated rings. The zero-order valence-electron chi connectivity index (χ0n) is 10.1. The van der Waals surface area contributed by atoms with E-state index in [1.54, 1.807) is 19.3 Å². The topological polar surface area (TPSA) is 51.2 Å². The minimum Gasteiger partial charge on any atom is -0.450 e. The quantitative estimate of drug-likeness (QED) is 0.898. The molecule has 1 amide bonds. The van der Waals surface area contributed by atoms with Gasteiger partial charge in [0.1, 0.15) is 0 Å². The van der Waals surface area contributed by atoms with E-state index in [1.807, 2.05) is 36.4 Å². The molecule has 0 atom stereocenters. The van der Waals surface area contributed by atoms with Crippen molar-refractivity contribution in [3.63, 3.8) is 0 Å². The van der Waals surface area contributed by atoms with E-state index in [9.17, 15) is 4.79 Å². The van der Waals surface area contributed by atoms with Gasteiger partial charge in [-0.2, -0.15) is 0 Å². The van der Waals surface area contributed by atoms with Crippen molar-refractivity contribution in [2.24, 2.45) is 0 Å². The lowest BCUT2D eigenvalue weighted by Crippen LogP contribution is -2.12. The van der Waals surface area contributed by atoms with Gasteiger partial charge in [0.05, 0.1) is 6.61 Å². The third-order valence-corrected chi connectivity index (χ3v) is 2.42. The number of anilines is 1. The predicted molar refractivity (Wildman–Crippen MR) is 70.3 cm³/mol. The molecule has 18 heavy (non-hydrogen) atoms. The van der Waals surface area contributed by atoms with Gasteiger partial charge in [-0.3, -0.25) is 10.3 Å². The predicted octanol–water partition coefficient (Wildman–Crippen LogP) is 3.32. The lowest BCUT2D eigenvalue weighted by molar-refractivity contribution is 0.168. The Morgan fingerprint density at radius 2 is 1.72 bits per heavy atom. The largest absolute Gasteiger partial charge is 0.450 e. The molecule has 0 spiro atoms. The van der Waals surface area contributed by atoms with Gasteiger partial charge in [0.2, 0.25) is 0 Å². The molecule has 1 N–H and O–H groups in total. The van der Waals surface area contributed by atoms with E-state index in [-0.39, 0.29) is 0 Å². The summed E-state index contributed by atoms with van der Waals surface area (Å²) in [7, 11) is 0. The fourth-order valence-corrected chi connectivity index (χ4v) is 1.58. The molecule has 1 aromatic heterocycles. The number of nitrogens with one attached hydrogen (secondary N) is 1. The Labute approximate surface area is 106 Å². The first-order chi connectivity index (χ1) is 8.79. The maximum Gasteiger partial charge on any atom is 0.411 e. The lowest BCUT2D eigenvalue weighted by atomic mass is 10.1. The van der Waals surface area contributed by atoms with Crippen molar-refractivity contribution in [3.8, 4) is 11.1 Å². The van der Waals surface area contributed by atoms with E-state index in [1.165, 1.54) is 0 Å². The number of ether oxygens (including phenoxy) is 1. The van der Waals surface area contributed by atoms with Gasteiger partial charge in [-0.05, 0) is 42.3 Å². The number of pyridine rings is 1. The average Bonchev–Trinajstić information content (AvgIpc) is 2.41. The summed E-state index contributed by atoms with van der Waals surface area (Å²) >= 11 is 0. The highest BCUT2D eigenvalue weighted by atomic mass is 16.5. The first-order valence-electron chi connectivity index (χ1n) is 5.74. The molecule has 92 valence electrons. The van der Waals surface area contributed by atoms with Crippen LogP contribution < -0.4 is 5.32 Å². The molecule has 0 saturated heterocycles. The molecule has 4 nitrogen and oxygen atoms in total. The van der Waals surface area contributed by atoms with Gasteiger partial charge in [-0.25, -0.2) is 4.79 Å². The Hall–Kier alpha value is -2.36. The number of benzene rings is 1. The van der Waals surface area contributed by atoms with Crippen LogP contribution >= 0.6 is 0 Å². The molecule has 0 aliphatic rings. The molecule has 1 aromatic carbocycles.